The van der Waals surface area contributed by atoms with Crippen molar-refractivity contribution >= 4 is 40.1 Å². The van der Waals surface area contributed by atoms with Gasteiger partial charge in [0.15, 0.2) is 0 Å². The Bertz CT molecular complexity index is 470. The van der Waals surface area contributed by atoms with E-state index < -0.39 is 0 Å². The van der Waals surface area contributed by atoms with E-state index in [-0.39, 0.29) is 12.0 Å². The summed E-state index contributed by atoms with van der Waals surface area (Å²) in [5.74, 6) is -0.116. The summed E-state index contributed by atoms with van der Waals surface area (Å²) >= 11 is 8.14. The standard InChI is InChI=1S/C13H16ClIN2O2/c1-17-4-5-19-10(8-17)7-16-13(18)9-2-3-12(15)11(14)6-9/h2-3,6,10H,4-5,7-8H2,1H3,(H,16,18). The van der Waals surface area contributed by atoms with Crippen LogP contribution < -0.4 is 5.32 Å². The van der Waals surface area contributed by atoms with Crippen LogP contribution in [0.15, 0.2) is 18.2 Å². The number of halogens is 2. The topological polar surface area (TPSA) is 41.6 Å². The third-order valence-corrected chi connectivity index (χ3v) is 4.59. The molecule has 104 valence electrons. The molecule has 4 nitrogen and oxygen atoms in total. The average Bonchev–Trinajstić information content (AvgIpc) is 2.39. The number of amides is 1. The van der Waals surface area contributed by atoms with E-state index in [2.05, 4.69) is 39.9 Å². The highest BCUT2D eigenvalue weighted by molar-refractivity contribution is 14.1. The minimum absolute atomic E-state index is 0.0574. The molecule has 1 saturated heterocycles. The number of carbonyl (C=O) groups excluding carboxylic acids is 1. The van der Waals surface area contributed by atoms with Gasteiger partial charge in [-0.3, -0.25) is 4.79 Å². The zero-order valence-electron chi connectivity index (χ0n) is 10.7. The third-order valence-electron chi connectivity index (χ3n) is 3.01. The van der Waals surface area contributed by atoms with Crippen LogP contribution in [0.5, 0.6) is 0 Å². The molecule has 19 heavy (non-hydrogen) atoms. The number of nitrogens with one attached hydrogen (secondary N) is 1. The van der Waals surface area contributed by atoms with Gasteiger partial charge in [-0.1, -0.05) is 11.6 Å². The van der Waals surface area contributed by atoms with Crippen LogP contribution in [0, 0.1) is 3.57 Å². The van der Waals surface area contributed by atoms with Crippen molar-refractivity contribution in [2.75, 3.05) is 33.3 Å². The lowest BCUT2D eigenvalue weighted by Crippen LogP contribution is -2.45. The number of likely N-dealkylation sites (N-methyl/N-ethyl adjacent to an activating group) is 1. The van der Waals surface area contributed by atoms with Gasteiger partial charge in [0.1, 0.15) is 0 Å². The Morgan fingerprint density at radius 2 is 2.42 bits per heavy atom. The lowest BCUT2D eigenvalue weighted by atomic mass is 10.2. The fourth-order valence-corrected chi connectivity index (χ4v) is 2.45. The van der Waals surface area contributed by atoms with Crippen LogP contribution in [0.2, 0.25) is 5.02 Å². The smallest absolute Gasteiger partial charge is 0.251 e. The molecule has 1 aromatic rings. The minimum atomic E-state index is -0.116. The Hall–Kier alpha value is -0.370. The summed E-state index contributed by atoms with van der Waals surface area (Å²) in [7, 11) is 2.05. The highest BCUT2D eigenvalue weighted by Gasteiger charge is 2.18. The predicted molar refractivity (Wildman–Crippen MR) is 83.7 cm³/mol. The summed E-state index contributed by atoms with van der Waals surface area (Å²) in [6.45, 7) is 3.02. The lowest BCUT2D eigenvalue weighted by Gasteiger charge is -2.30. The molecule has 0 aliphatic carbocycles. The number of benzene rings is 1. The van der Waals surface area contributed by atoms with Crippen molar-refractivity contribution in [3.8, 4) is 0 Å². The zero-order valence-corrected chi connectivity index (χ0v) is 13.6. The molecule has 1 unspecified atom stereocenters. The van der Waals surface area contributed by atoms with Gasteiger partial charge in [0.2, 0.25) is 0 Å². The maximum Gasteiger partial charge on any atom is 0.251 e. The highest BCUT2D eigenvalue weighted by atomic mass is 127. The second kappa shape index (κ2) is 6.88. The first kappa shape index (κ1) is 15.0. The number of morpholine rings is 1. The summed E-state index contributed by atoms with van der Waals surface area (Å²) in [5, 5.41) is 3.48. The Balaban J connectivity index is 1.88. The van der Waals surface area contributed by atoms with Crippen LogP contribution in [-0.2, 0) is 4.74 Å². The number of carbonyl (C=O) groups is 1. The maximum absolute atomic E-state index is 12.0. The number of rotatable bonds is 3. The van der Waals surface area contributed by atoms with E-state index >= 15 is 0 Å². The van der Waals surface area contributed by atoms with Gasteiger partial charge in [-0.2, -0.15) is 0 Å². The van der Waals surface area contributed by atoms with Crippen LogP contribution >= 0.6 is 34.2 Å². The number of ether oxygens (including phenoxy) is 1. The quantitative estimate of drug-likeness (QED) is 0.798. The fourth-order valence-electron chi connectivity index (χ4n) is 1.94. The molecule has 0 bridgehead atoms. The van der Waals surface area contributed by atoms with Gasteiger partial charge in [0.25, 0.3) is 5.91 Å². The molecule has 1 fully saturated rings. The largest absolute Gasteiger partial charge is 0.374 e. The Morgan fingerprint density at radius 3 is 3.11 bits per heavy atom. The number of hydrogen-bond acceptors (Lipinski definition) is 3. The van der Waals surface area contributed by atoms with Crippen molar-refractivity contribution in [2.24, 2.45) is 0 Å². The van der Waals surface area contributed by atoms with Gasteiger partial charge in [-0.15, -0.1) is 0 Å². The molecular formula is C13H16ClIN2O2. The molecular weight excluding hydrogens is 379 g/mol. The molecule has 0 spiro atoms. The van der Waals surface area contributed by atoms with E-state index in [0.29, 0.717) is 23.7 Å². The summed E-state index contributed by atoms with van der Waals surface area (Å²) in [4.78, 5) is 14.2. The van der Waals surface area contributed by atoms with Gasteiger partial charge in [-0.05, 0) is 47.8 Å². The second-order valence-electron chi connectivity index (χ2n) is 4.59. The van der Waals surface area contributed by atoms with E-state index in [4.69, 9.17) is 16.3 Å². The van der Waals surface area contributed by atoms with E-state index in [9.17, 15) is 4.79 Å². The second-order valence-corrected chi connectivity index (χ2v) is 6.16. The minimum Gasteiger partial charge on any atom is -0.374 e. The van der Waals surface area contributed by atoms with Crippen molar-refractivity contribution in [1.29, 1.82) is 0 Å². The molecule has 1 amide bonds. The average molecular weight is 395 g/mol. The van der Waals surface area contributed by atoms with Gasteiger partial charge in [0.05, 0.1) is 17.7 Å². The van der Waals surface area contributed by atoms with Gasteiger partial charge in [0, 0.05) is 28.8 Å². The fraction of sp³-hybridized carbons (Fsp3) is 0.462. The number of nitrogens with zero attached hydrogens (tertiary/aromatic N) is 1. The van der Waals surface area contributed by atoms with Gasteiger partial charge in [-0.25, -0.2) is 0 Å². The van der Waals surface area contributed by atoms with Crippen LogP contribution in [0.25, 0.3) is 0 Å². The van der Waals surface area contributed by atoms with Gasteiger partial charge < -0.3 is 15.0 Å². The summed E-state index contributed by atoms with van der Waals surface area (Å²) in [6, 6.07) is 5.30. The normalized spacial score (nSPS) is 20.3. The zero-order chi connectivity index (χ0) is 13.8. The van der Waals surface area contributed by atoms with Crippen molar-refractivity contribution in [2.45, 2.75) is 6.10 Å². The molecule has 1 aliphatic rings. The van der Waals surface area contributed by atoms with Gasteiger partial charge >= 0.3 is 0 Å². The number of hydrogen-bond donors (Lipinski definition) is 1. The summed E-state index contributed by atoms with van der Waals surface area (Å²) in [6.07, 6.45) is 0.0574. The Labute approximate surface area is 131 Å². The summed E-state index contributed by atoms with van der Waals surface area (Å²) < 4.78 is 6.53. The van der Waals surface area contributed by atoms with Crippen LogP contribution in [0.3, 0.4) is 0 Å². The molecule has 0 aromatic heterocycles. The van der Waals surface area contributed by atoms with E-state index in [1.165, 1.54) is 0 Å². The van der Waals surface area contributed by atoms with Crippen LogP contribution in [0.4, 0.5) is 0 Å². The van der Waals surface area contributed by atoms with E-state index in [1.54, 1.807) is 12.1 Å². The summed E-state index contributed by atoms with van der Waals surface area (Å²) in [5.41, 5.74) is 0.578. The van der Waals surface area contributed by atoms with Crippen molar-refractivity contribution in [3.05, 3.63) is 32.4 Å². The molecule has 1 aliphatic heterocycles. The molecule has 1 atom stereocenters. The van der Waals surface area contributed by atoms with E-state index in [1.807, 2.05) is 6.07 Å². The first-order valence-corrected chi connectivity index (χ1v) is 7.55. The Morgan fingerprint density at radius 1 is 1.63 bits per heavy atom. The SMILES string of the molecule is CN1CCOC(CNC(=O)c2ccc(I)c(Cl)c2)C1. The van der Waals surface area contributed by atoms with Crippen molar-refractivity contribution in [1.82, 2.24) is 10.2 Å². The van der Waals surface area contributed by atoms with Crippen LogP contribution in [0.1, 0.15) is 10.4 Å². The highest BCUT2D eigenvalue weighted by Crippen LogP contribution is 2.19. The first-order valence-electron chi connectivity index (χ1n) is 6.09. The predicted octanol–water partition coefficient (Wildman–Crippen LogP) is 2.00. The molecule has 6 heteroatoms. The molecule has 1 heterocycles. The molecule has 1 N–H and O–H groups in total. The molecule has 0 radical (unpaired) electrons. The lowest BCUT2D eigenvalue weighted by molar-refractivity contribution is -0.0175. The van der Waals surface area contributed by atoms with E-state index in [0.717, 1.165) is 16.7 Å². The van der Waals surface area contributed by atoms with Crippen LogP contribution in [-0.4, -0.2) is 50.2 Å². The maximum atomic E-state index is 12.0. The van der Waals surface area contributed by atoms with Crippen molar-refractivity contribution in [3.63, 3.8) is 0 Å². The molecule has 1 aromatic carbocycles. The van der Waals surface area contributed by atoms with Crippen molar-refractivity contribution < 1.29 is 9.53 Å². The molecule has 2 rings (SSSR count). The third kappa shape index (κ3) is 4.30. The first-order chi connectivity index (χ1) is 9.06. The molecule has 0 saturated carbocycles. The Kier molecular flexibility index (Phi) is 5.44. The monoisotopic (exact) mass is 394 g/mol.